The Hall–Kier alpha value is -3.74. The monoisotopic (exact) mass is 404 g/mol. The normalized spacial score (nSPS) is 12.3. The Morgan fingerprint density at radius 1 is 1.20 bits per heavy atom. The fraction of sp³-hybridized carbons (Fsp3) is 0.174. The average molecular weight is 404 g/mol. The summed E-state index contributed by atoms with van der Waals surface area (Å²) in [6.45, 7) is 9.55. The van der Waals surface area contributed by atoms with E-state index in [0.717, 1.165) is 28.8 Å². The lowest BCUT2D eigenvalue weighted by atomic mass is 9.99. The zero-order valence-corrected chi connectivity index (χ0v) is 17.3. The maximum Gasteiger partial charge on any atom is 0.154 e. The van der Waals surface area contributed by atoms with Crippen molar-refractivity contribution in [3.63, 3.8) is 0 Å². The number of halogens is 1. The van der Waals surface area contributed by atoms with E-state index in [2.05, 4.69) is 26.9 Å². The Kier molecular flexibility index (Phi) is 6.11. The number of nitrogens with zero attached hydrogens (tertiary/aromatic N) is 3. The number of aromatic nitrogens is 2. The first kappa shape index (κ1) is 21.0. The molecule has 0 fully saturated rings. The first-order valence-electron chi connectivity index (χ1n) is 9.55. The Labute approximate surface area is 175 Å². The Morgan fingerprint density at radius 3 is 2.67 bits per heavy atom. The first-order chi connectivity index (χ1) is 14.3. The van der Waals surface area contributed by atoms with Crippen LogP contribution in [0.25, 0.3) is 21.9 Å². The highest BCUT2D eigenvalue weighted by Crippen LogP contribution is 2.32. The van der Waals surface area contributed by atoms with Crippen LogP contribution in [-0.2, 0) is 0 Å². The van der Waals surface area contributed by atoms with Crippen molar-refractivity contribution in [3.05, 3.63) is 72.2 Å². The van der Waals surface area contributed by atoms with Gasteiger partial charge in [0.05, 0.1) is 11.9 Å². The molecule has 154 valence electrons. The minimum atomic E-state index is -0.364. The van der Waals surface area contributed by atoms with Crippen molar-refractivity contribution in [3.8, 4) is 11.1 Å². The molecular weight excluding hydrogens is 379 g/mol. The molecular formula is C23H25FN6. The fourth-order valence-electron chi connectivity index (χ4n) is 3.08. The molecule has 7 heteroatoms. The summed E-state index contributed by atoms with van der Waals surface area (Å²) >= 11 is 0. The van der Waals surface area contributed by atoms with Crippen LogP contribution in [0.15, 0.2) is 65.8 Å². The maximum atomic E-state index is 14.7. The molecule has 5 N–H and O–H groups in total. The van der Waals surface area contributed by atoms with Crippen LogP contribution in [-0.4, -0.2) is 15.8 Å². The van der Waals surface area contributed by atoms with Gasteiger partial charge in [0.25, 0.3) is 0 Å². The van der Waals surface area contributed by atoms with Crippen LogP contribution in [0.3, 0.4) is 0 Å². The average Bonchev–Trinajstić information content (AvgIpc) is 2.69. The number of aliphatic imine (C=N–C) groups is 1. The molecule has 2 heterocycles. The van der Waals surface area contributed by atoms with E-state index in [1.165, 1.54) is 6.07 Å². The van der Waals surface area contributed by atoms with Gasteiger partial charge >= 0.3 is 0 Å². The first-order valence-corrected chi connectivity index (χ1v) is 9.55. The van der Waals surface area contributed by atoms with Gasteiger partial charge in [0.2, 0.25) is 0 Å². The highest BCUT2D eigenvalue weighted by molar-refractivity contribution is 5.95. The van der Waals surface area contributed by atoms with E-state index in [0.29, 0.717) is 33.9 Å². The minimum absolute atomic E-state index is 0.311. The summed E-state index contributed by atoms with van der Waals surface area (Å²) in [5.41, 5.74) is 16.1. The topological polar surface area (TPSA) is 102 Å². The van der Waals surface area contributed by atoms with E-state index >= 15 is 0 Å². The second-order valence-electron chi connectivity index (χ2n) is 7.09. The van der Waals surface area contributed by atoms with Gasteiger partial charge in [-0.1, -0.05) is 13.5 Å². The number of fused-ring (bicyclic) bond motifs is 1. The second-order valence-corrected chi connectivity index (χ2v) is 7.09. The Bertz CT molecular complexity index is 1180. The fourth-order valence-corrected chi connectivity index (χ4v) is 3.08. The zero-order valence-electron chi connectivity index (χ0n) is 17.3. The van der Waals surface area contributed by atoms with Gasteiger partial charge in [0, 0.05) is 40.3 Å². The van der Waals surface area contributed by atoms with Crippen molar-refractivity contribution >= 4 is 28.1 Å². The summed E-state index contributed by atoms with van der Waals surface area (Å²) in [6.07, 6.45) is 7.25. The molecule has 2 aromatic heterocycles. The van der Waals surface area contributed by atoms with Crippen molar-refractivity contribution in [2.75, 3.05) is 5.73 Å². The van der Waals surface area contributed by atoms with E-state index in [-0.39, 0.29) is 5.82 Å². The van der Waals surface area contributed by atoms with Crippen LogP contribution in [0.5, 0.6) is 0 Å². The minimum Gasteiger partial charge on any atom is -0.397 e. The van der Waals surface area contributed by atoms with Crippen molar-refractivity contribution in [1.29, 1.82) is 0 Å². The summed E-state index contributed by atoms with van der Waals surface area (Å²) in [5.74, 6) is 0.379. The number of anilines is 1. The summed E-state index contributed by atoms with van der Waals surface area (Å²) in [5, 5.41) is 4.60. The predicted octanol–water partition coefficient (Wildman–Crippen LogP) is 4.73. The highest BCUT2D eigenvalue weighted by Gasteiger charge is 2.12. The lowest BCUT2D eigenvalue weighted by Crippen LogP contribution is -2.15. The van der Waals surface area contributed by atoms with Gasteiger partial charge in [-0.05, 0) is 55.5 Å². The molecule has 30 heavy (non-hydrogen) atoms. The predicted molar refractivity (Wildman–Crippen MR) is 122 cm³/mol. The number of nitrogens with two attached hydrogens (primary N) is 2. The number of hydrogen-bond acceptors (Lipinski definition) is 5. The molecule has 0 bridgehead atoms. The molecule has 3 rings (SSSR count). The van der Waals surface area contributed by atoms with Gasteiger partial charge in [0.1, 0.15) is 11.7 Å². The lowest BCUT2D eigenvalue weighted by molar-refractivity contribution is 0.633. The van der Waals surface area contributed by atoms with E-state index in [1.54, 1.807) is 36.8 Å². The van der Waals surface area contributed by atoms with Crippen molar-refractivity contribution in [1.82, 2.24) is 15.3 Å². The van der Waals surface area contributed by atoms with Crippen molar-refractivity contribution in [2.45, 2.75) is 27.2 Å². The number of nitrogens with one attached hydrogen (secondary N) is 1. The number of allylic oxidation sites excluding steroid dienone is 2. The third kappa shape index (κ3) is 4.63. The maximum absolute atomic E-state index is 14.7. The number of amidine groups is 1. The van der Waals surface area contributed by atoms with Crippen LogP contribution in [0.1, 0.15) is 25.8 Å². The van der Waals surface area contributed by atoms with Gasteiger partial charge in [-0.3, -0.25) is 4.98 Å². The van der Waals surface area contributed by atoms with Crippen LogP contribution in [0, 0.1) is 12.7 Å². The molecule has 0 aliphatic rings. The molecule has 0 saturated heterocycles. The van der Waals surface area contributed by atoms with Gasteiger partial charge in [-0.25, -0.2) is 14.4 Å². The van der Waals surface area contributed by atoms with Gasteiger partial charge < -0.3 is 16.8 Å². The number of benzene rings is 1. The van der Waals surface area contributed by atoms with E-state index in [9.17, 15) is 4.39 Å². The molecule has 0 saturated carbocycles. The number of nitrogen functional groups attached to an aromatic ring is 1. The van der Waals surface area contributed by atoms with Crippen LogP contribution in [0.2, 0.25) is 0 Å². The Morgan fingerprint density at radius 2 is 1.97 bits per heavy atom. The Balaban J connectivity index is 2.03. The molecule has 0 unspecified atom stereocenters. The molecule has 3 aromatic rings. The summed E-state index contributed by atoms with van der Waals surface area (Å²) in [6, 6.07) is 4.97. The molecule has 0 spiro atoms. The molecule has 1 aromatic carbocycles. The van der Waals surface area contributed by atoms with Crippen LogP contribution in [0.4, 0.5) is 15.9 Å². The number of pyridine rings is 2. The molecule has 0 atom stereocenters. The van der Waals surface area contributed by atoms with E-state index < -0.39 is 0 Å². The van der Waals surface area contributed by atoms with Crippen LogP contribution >= 0.6 is 0 Å². The number of hydrogen-bond donors (Lipinski definition) is 3. The highest BCUT2D eigenvalue weighted by atomic mass is 19.1. The number of rotatable bonds is 6. The molecule has 6 nitrogen and oxygen atoms in total. The third-order valence-corrected chi connectivity index (χ3v) is 4.66. The van der Waals surface area contributed by atoms with E-state index in [1.807, 2.05) is 20.8 Å². The summed E-state index contributed by atoms with van der Waals surface area (Å²) in [7, 11) is 0. The summed E-state index contributed by atoms with van der Waals surface area (Å²) in [4.78, 5) is 12.7. The third-order valence-electron chi connectivity index (χ3n) is 4.66. The molecule has 0 aliphatic heterocycles. The van der Waals surface area contributed by atoms with Crippen molar-refractivity contribution in [2.24, 2.45) is 10.7 Å². The second kappa shape index (κ2) is 8.73. The van der Waals surface area contributed by atoms with Gasteiger partial charge in [-0.2, -0.15) is 0 Å². The zero-order chi connectivity index (χ0) is 21.8. The van der Waals surface area contributed by atoms with Gasteiger partial charge in [0.15, 0.2) is 5.82 Å². The largest absolute Gasteiger partial charge is 0.397 e. The SMILES string of the molecule is C=C(C)N/C(=C\C(N)=Nc1cc2cc(-c3cncc(N)c3C)c(F)cc2cn1)CC. The lowest BCUT2D eigenvalue weighted by Gasteiger charge is -2.10. The summed E-state index contributed by atoms with van der Waals surface area (Å²) < 4.78 is 14.7. The van der Waals surface area contributed by atoms with Crippen molar-refractivity contribution < 1.29 is 4.39 Å². The smallest absolute Gasteiger partial charge is 0.154 e. The quantitative estimate of drug-likeness (QED) is 0.407. The van der Waals surface area contributed by atoms with E-state index in [4.69, 9.17) is 11.5 Å². The molecule has 0 radical (unpaired) electrons. The van der Waals surface area contributed by atoms with Gasteiger partial charge in [-0.15, -0.1) is 0 Å². The molecule has 0 aliphatic carbocycles. The molecule has 0 amide bonds. The van der Waals surface area contributed by atoms with Crippen LogP contribution < -0.4 is 16.8 Å². The standard InChI is InChI=1S/C23H25FN6/c1-5-17(29-13(2)3)9-22(26)30-23-8-15-6-18(20(24)7-16(15)10-28-23)19-11-27-12-21(25)14(19)4/h6-12,29H,2,5,25H2,1,3-4H3,(H2,26,28,30)/b17-9-.